The lowest BCUT2D eigenvalue weighted by molar-refractivity contribution is 0.0208. The van der Waals surface area contributed by atoms with Crippen molar-refractivity contribution in [3.63, 3.8) is 0 Å². The second-order valence-electron chi connectivity index (χ2n) is 4.25. The summed E-state index contributed by atoms with van der Waals surface area (Å²) in [7, 11) is 0. The van der Waals surface area contributed by atoms with Crippen LogP contribution in [0.5, 0.6) is 0 Å². The van der Waals surface area contributed by atoms with Crippen LogP contribution in [0.2, 0.25) is 0 Å². The largest absolute Gasteiger partial charge is 0.367 e. The molecule has 0 aliphatic carbocycles. The predicted octanol–water partition coefficient (Wildman–Crippen LogP) is 2.12. The van der Waals surface area contributed by atoms with E-state index in [1.165, 1.54) is 4.90 Å². The van der Waals surface area contributed by atoms with Crippen LogP contribution in [0.3, 0.4) is 0 Å². The maximum atomic E-state index is 5.60. The third kappa shape index (κ3) is 2.80. The summed E-state index contributed by atoms with van der Waals surface area (Å²) in [6.07, 6.45) is 1.93. The summed E-state index contributed by atoms with van der Waals surface area (Å²) in [5.41, 5.74) is 0.931. The van der Waals surface area contributed by atoms with Crippen molar-refractivity contribution in [3.8, 4) is 11.5 Å². The maximum absolute atomic E-state index is 5.60. The zero-order valence-electron chi connectivity index (χ0n) is 10.6. The molecule has 1 fully saturated rings. The Morgan fingerprint density at radius 2 is 2.16 bits per heavy atom. The molecule has 19 heavy (non-hydrogen) atoms. The molecule has 0 bridgehead atoms. The van der Waals surface area contributed by atoms with Gasteiger partial charge in [0.25, 0.3) is 5.89 Å². The Morgan fingerprint density at radius 3 is 2.84 bits per heavy atom. The van der Waals surface area contributed by atoms with Crippen LogP contribution in [0.1, 0.15) is 11.9 Å². The highest BCUT2D eigenvalue weighted by Crippen LogP contribution is 2.24. The standard InChI is InChI=1S/C13H15N3O2S/c1-19-10-4-2-9(3-5-10)13-15-12(16-18-13)11-8-14-6-7-17-11/h2-5,11,14H,6-8H2,1H3. The quantitative estimate of drug-likeness (QED) is 0.867. The number of nitrogens with one attached hydrogen (secondary N) is 1. The Bertz CT molecular complexity index is 535. The molecule has 0 amide bonds. The summed E-state index contributed by atoms with van der Waals surface area (Å²) in [5, 5.41) is 7.25. The number of morpholine rings is 1. The van der Waals surface area contributed by atoms with Gasteiger partial charge in [-0.15, -0.1) is 11.8 Å². The van der Waals surface area contributed by atoms with E-state index in [1.54, 1.807) is 11.8 Å². The minimum Gasteiger partial charge on any atom is -0.367 e. The number of hydrogen-bond donors (Lipinski definition) is 1. The number of hydrogen-bond acceptors (Lipinski definition) is 6. The highest BCUT2D eigenvalue weighted by atomic mass is 32.2. The zero-order chi connectivity index (χ0) is 13.1. The molecular formula is C13H15N3O2S. The topological polar surface area (TPSA) is 60.2 Å². The lowest BCUT2D eigenvalue weighted by Crippen LogP contribution is -2.33. The van der Waals surface area contributed by atoms with E-state index in [-0.39, 0.29) is 6.10 Å². The molecule has 1 unspecified atom stereocenters. The number of rotatable bonds is 3. The molecule has 1 aromatic carbocycles. The Labute approximate surface area is 115 Å². The lowest BCUT2D eigenvalue weighted by atomic mass is 10.2. The highest BCUT2D eigenvalue weighted by Gasteiger charge is 2.21. The number of thioether (sulfide) groups is 1. The first-order chi connectivity index (χ1) is 9.36. The van der Waals surface area contributed by atoms with Crippen molar-refractivity contribution in [2.24, 2.45) is 0 Å². The average Bonchev–Trinajstić information content (AvgIpc) is 2.98. The molecule has 1 aliphatic heterocycles. The van der Waals surface area contributed by atoms with Gasteiger partial charge in [-0.05, 0) is 30.5 Å². The molecule has 1 N–H and O–H groups in total. The highest BCUT2D eigenvalue weighted by molar-refractivity contribution is 7.98. The zero-order valence-corrected chi connectivity index (χ0v) is 11.4. The summed E-state index contributed by atoms with van der Waals surface area (Å²) in [4.78, 5) is 5.62. The van der Waals surface area contributed by atoms with Gasteiger partial charge in [0, 0.05) is 23.5 Å². The number of aromatic nitrogens is 2. The molecule has 1 saturated heterocycles. The molecular weight excluding hydrogens is 262 g/mol. The third-order valence-electron chi connectivity index (χ3n) is 2.99. The second kappa shape index (κ2) is 5.73. The molecule has 2 heterocycles. The predicted molar refractivity (Wildman–Crippen MR) is 73.1 cm³/mol. The molecule has 6 heteroatoms. The van der Waals surface area contributed by atoms with E-state index in [1.807, 2.05) is 30.5 Å². The summed E-state index contributed by atoms with van der Waals surface area (Å²) in [6, 6.07) is 8.07. The van der Waals surface area contributed by atoms with Crippen molar-refractivity contribution in [2.75, 3.05) is 26.0 Å². The fourth-order valence-electron chi connectivity index (χ4n) is 1.95. The average molecular weight is 277 g/mol. The van der Waals surface area contributed by atoms with E-state index >= 15 is 0 Å². The van der Waals surface area contributed by atoms with Crippen LogP contribution in [-0.4, -0.2) is 36.1 Å². The molecule has 2 aromatic rings. The third-order valence-corrected chi connectivity index (χ3v) is 3.74. The van der Waals surface area contributed by atoms with E-state index < -0.39 is 0 Å². The van der Waals surface area contributed by atoms with Gasteiger partial charge in [0.1, 0.15) is 6.10 Å². The number of nitrogens with zero attached hydrogens (tertiary/aromatic N) is 2. The van der Waals surface area contributed by atoms with Crippen molar-refractivity contribution in [2.45, 2.75) is 11.0 Å². The molecule has 100 valence electrons. The van der Waals surface area contributed by atoms with Crippen molar-refractivity contribution < 1.29 is 9.26 Å². The number of ether oxygens (including phenoxy) is 1. The Kier molecular flexibility index (Phi) is 3.82. The smallest absolute Gasteiger partial charge is 0.258 e. The molecule has 0 saturated carbocycles. The van der Waals surface area contributed by atoms with Gasteiger partial charge in [-0.25, -0.2) is 0 Å². The van der Waals surface area contributed by atoms with Crippen molar-refractivity contribution in [1.82, 2.24) is 15.5 Å². The van der Waals surface area contributed by atoms with Gasteiger partial charge < -0.3 is 14.6 Å². The van der Waals surface area contributed by atoms with E-state index in [2.05, 4.69) is 15.5 Å². The summed E-state index contributed by atoms with van der Waals surface area (Å²) in [6.45, 7) is 2.28. The fraction of sp³-hybridized carbons (Fsp3) is 0.385. The SMILES string of the molecule is CSc1ccc(-c2nc(C3CNCCO3)no2)cc1. The molecule has 1 aromatic heterocycles. The minimum atomic E-state index is -0.114. The Balaban J connectivity index is 1.79. The molecule has 0 spiro atoms. The molecule has 1 aliphatic rings. The van der Waals surface area contributed by atoms with Crippen LogP contribution in [-0.2, 0) is 4.74 Å². The monoisotopic (exact) mass is 277 g/mol. The van der Waals surface area contributed by atoms with Gasteiger partial charge in [-0.2, -0.15) is 4.98 Å². The van der Waals surface area contributed by atoms with Crippen LogP contribution in [0.25, 0.3) is 11.5 Å². The van der Waals surface area contributed by atoms with Crippen molar-refractivity contribution in [3.05, 3.63) is 30.1 Å². The normalized spacial score (nSPS) is 19.5. The molecule has 1 atom stereocenters. The summed E-state index contributed by atoms with van der Waals surface area (Å²) >= 11 is 1.71. The Hall–Kier alpha value is -1.37. The number of benzene rings is 1. The van der Waals surface area contributed by atoms with Gasteiger partial charge in [0.05, 0.1) is 6.61 Å². The van der Waals surface area contributed by atoms with E-state index in [0.29, 0.717) is 18.3 Å². The second-order valence-corrected chi connectivity index (χ2v) is 5.13. The minimum absolute atomic E-state index is 0.114. The van der Waals surface area contributed by atoms with Crippen molar-refractivity contribution >= 4 is 11.8 Å². The Morgan fingerprint density at radius 1 is 1.32 bits per heavy atom. The first kappa shape index (κ1) is 12.7. The lowest BCUT2D eigenvalue weighted by Gasteiger charge is -2.20. The van der Waals surface area contributed by atoms with Crippen LogP contribution in [0.4, 0.5) is 0 Å². The first-order valence-electron chi connectivity index (χ1n) is 6.17. The summed E-state index contributed by atoms with van der Waals surface area (Å²) in [5.74, 6) is 1.15. The fourth-order valence-corrected chi connectivity index (χ4v) is 2.36. The van der Waals surface area contributed by atoms with Crippen LogP contribution >= 0.6 is 11.8 Å². The van der Waals surface area contributed by atoms with Gasteiger partial charge in [0.2, 0.25) is 5.82 Å². The summed E-state index contributed by atoms with van der Waals surface area (Å²) < 4.78 is 10.9. The van der Waals surface area contributed by atoms with Crippen molar-refractivity contribution in [1.29, 1.82) is 0 Å². The van der Waals surface area contributed by atoms with Crippen LogP contribution in [0.15, 0.2) is 33.7 Å². The van der Waals surface area contributed by atoms with Crippen LogP contribution in [0, 0.1) is 0 Å². The van der Waals surface area contributed by atoms with E-state index in [0.717, 1.165) is 18.7 Å². The van der Waals surface area contributed by atoms with Gasteiger partial charge in [-0.3, -0.25) is 0 Å². The first-order valence-corrected chi connectivity index (χ1v) is 7.39. The maximum Gasteiger partial charge on any atom is 0.258 e. The van der Waals surface area contributed by atoms with Gasteiger partial charge in [-0.1, -0.05) is 5.16 Å². The van der Waals surface area contributed by atoms with Crippen LogP contribution < -0.4 is 5.32 Å². The van der Waals surface area contributed by atoms with Gasteiger partial charge >= 0.3 is 0 Å². The van der Waals surface area contributed by atoms with Gasteiger partial charge in [0.15, 0.2) is 0 Å². The molecule has 5 nitrogen and oxygen atoms in total. The van der Waals surface area contributed by atoms with E-state index in [9.17, 15) is 0 Å². The van der Waals surface area contributed by atoms with E-state index in [4.69, 9.17) is 9.26 Å². The molecule has 3 rings (SSSR count). The molecule has 0 radical (unpaired) electrons.